The molecule has 182 valence electrons. The zero-order valence-electron chi connectivity index (χ0n) is 18.1. The lowest BCUT2D eigenvalue weighted by Gasteiger charge is -2.18. The number of aliphatic carboxylic acids is 1. The number of carboxylic acids is 1. The maximum absolute atomic E-state index is 12.5. The van der Waals surface area contributed by atoms with E-state index in [-0.39, 0.29) is 18.1 Å². The first-order valence-corrected chi connectivity index (χ1v) is 10.5. The first-order valence-electron chi connectivity index (χ1n) is 10.5. The number of carbonyl (C=O) groups is 2. The molecular formula is C25H20F3NO6. The van der Waals surface area contributed by atoms with Crippen molar-refractivity contribution in [2.75, 3.05) is 6.61 Å². The standard InChI is InChI=1S/C25H20F3NO6/c26-25(27,28)35-21-11-5-6-14(22(21)30)12-20(23(31)32)29-24(33)34-13-19-17-9-3-1-7-15(17)16-8-2-4-10-18(16)19/h1-11,19-20,30H,12-13H2,(H,29,33)(H,31,32). The Labute approximate surface area is 197 Å². The van der Waals surface area contributed by atoms with Gasteiger partial charge >= 0.3 is 18.4 Å². The summed E-state index contributed by atoms with van der Waals surface area (Å²) >= 11 is 0. The number of ether oxygens (including phenoxy) is 2. The van der Waals surface area contributed by atoms with Gasteiger partial charge in [0.05, 0.1) is 0 Å². The number of fused-ring (bicyclic) bond motifs is 3. The van der Waals surface area contributed by atoms with Gasteiger partial charge in [-0.15, -0.1) is 13.2 Å². The van der Waals surface area contributed by atoms with Crippen molar-refractivity contribution < 1.29 is 42.4 Å². The van der Waals surface area contributed by atoms with Crippen LogP contribution in [0.3, 0.4) is 0 Å². The number of carboxylic acid groups (broad SMARTS) is 1. The first kappa shape index (κ1) is 23.9. The minimum Gasteiger partial charge on any atom is -0.504 e. The fourth-order valence-corrected chi connectivity index (χ4v) is 4.14. The summed E-state index contributed by atoms with van der Waals surface area (Å²) in [6.45, 7) is -0.0492. The molecule has 1 atom stereocenters. The van der Waals surface area contributed by atoms with Gasteiger partial charge in [0.1, 0.15) is 12.6 Å². The Balaban J connectivity index is 1.44. The molecule has 10 heteroatoms. The molecule has 0 spiro atoms. The van der Waals surface area contributed by atoms with Gasteiger partial charge in [-0.3, -0.25) is 0 Å². The van der Waals surface area contributed by atoms with Crippen LogP contribution in [0.2, 0.25) is 0 Å². The number of amides is 1. The van der Waals surface area contributed by atoms with E-state index in [2.05, 4.69) is 10.1 Å². The molecule has 0 heterocycles. The number of rotatable bonds is 7. The molecule has 35 heavy (non-hydrogen) atoms. The van der Waals surface area contributed by atoms with E-state index in [1.54, 1.807) is 0 Å². The van der Waals surface area contributed by atoms with Crippen molar-refractivity contribution in [3.63, 3.8) is 0 Å². The fourth-order valence-electron chi connectivity index (χ4n) is 4.14. The number of para-hydroxylation sites is 1. The maximum atomic E-state index is 12.5. The number of benzene rings is 3. The molecule has 0 bridgehead atoms. The van der Waals surface area contributed by atoms with Crippen molar-refractivity contribution in [3.8, 4) is 22.6 Å². The summed E-state index contributed by atoms with van der Waals surface area (Å²) < 4.78 is 46.6. The molecule has 1 aliphatic rings. The number of alkyl carbamates (subject to hydrolysis) is 1. The smallest absolute Gasteiger partial charge is 0.504 e. The molecule has 3 aromatic carbocycles. The van der Waals surface area contributed by atoms with Gasteiger partial charge in [0.15, 0.2) is 11.5 Å². The maximum Gasteiger partial charge on any atom is 0.573 e. The molecule has 3 N–H and O–H groups in total. The van der Waals surface area contributed by atoms with E-state index in [9.17, 15) is 33.0 Å². The second kappa shape index (κ2) is 9.57. The highest BCUT2D eigenvalue weighted by Gasteiger charge is 2.33. The highest BCUT2D eigenvalue weighted by Crippen LogP contribution is 2.44. The van der Waals surface area contributed by atoms with E-state index in [4.69, 9.17) is 4.74 Å². The molecule has 0 saturated heterocycles. The third-order valence-corrected chi connectivity index (χ3v) is 5.67. The van der Waals surface area contributed by atoms with Gasteiger partial charge < -0.3 is 25.0 Å². The quantitative estimate of drug-likeness (QED) is 0.441. The van der Waals surface area contributed by atoms with Gasteiger partial charge in [-0.25, -0.2) is 9.59 Å². The van der Waals surface area contributed by atoms with Crippen LogP contribution in [0.4, 0.5) is 18.0 Å². The van der Waals surface area contributed by atoms with Crippen LogP contribution in [-0.4, -0.2) is 41.3 Å². The average Bonchev–Trinajstić information content (AvgIpc) is 3.12. The summed E-state index contributed by atoms with van der Waals surface area (Å²) in [6.07, 6.45) is -6.55. The van der Waals surface area contributed by atoms with Crippen molar-refractivity contribution in [3.05, 3.63) is 83.4 Å². The van der Waals surface area contributed by atoms with Crippen LogP contribution in [0.5, 0.6) is 11.5 Å². The molecule has 0 aliphatic heterocycles. The molecule has 4 rings (SSSR count). The van der Waals surface area contributed by atoms with E-state index in [1.165, 1.54) is 12.1 Å². The Kier molecular flexibility index (Phi) is 6.54. The minimum atomic E-state index is -5.04. The van der Waals surface area contributed by atoms with Gasteiger partial charge in [0, 0.05) is 17.9 Å². The number of phenolic OH excluding ortho intramolecular Hbond substituents is 1. The van der Waals surface area contributed by atoms with Gasteiger partial charge in [-0.1, -0.05) is 60.7 Å². The molecule has 7 nitrogen and oxygen atoms in total. The summed E-state index contributed by atoms with van der Waals surface area (Å²) in [5.41, 5.74) is 3.84. The van der Waals surface area contributed by atoms with E-state index >= 15 is 0 Å². The topological polar surface area (TPSA) is 105 Å². The number of phenols is 1. The predicted octanol–water partition coefficient (Wildman–Crippen LogP) is 4.83. The minimum absolute atomic E-state index is 0.0492. The SMILES string of the molecule is O=C(NC(Cc1cccc(OC(F)(F)F)c1O)C(=O)O)OCC1c2ccccc2-c2ccccc21. The van der Waals surface area contributed by atoms with E-state index in [1.807, 2.05) is 48.5 Å². The zero-order chi connectivity index (χ0) is 25.2. The largest absolute Gasteiger partial charge is 0.573 e. The van der Waals surface area contributed by atoms with Crippen LogP contribution >= 0.6 is 0 Å². The van der Waals surface area contributed by atoms with Crippen LogP contribution < -0.4 is 10.1 Å². The molecular weight excluding hydrogens is 467 g/mol. The molecule has 1 aliphatic carbocycles. The second-order valence-corrected chi connectivity index (χ2v) is 7.88. The summed E-state index contributed by atoms with van der Waals surface area (Å²) in [5, 5.41) is 21.8. The lowest BCUT2D eigenvalue weighted by Crippen LogP contribution is -2.43. The monoisotopic (exact) mass is 487 g/mol. The van der Waals surface area contributed by atoms with Crippen molar-refractivity contribution >= 4 is 12.1 Å². The fraction of sp³-hybridized carbons (Fsp3) is 0.200. The van der Waals surface area contributed by atoms with Crippen LogP contribution in [0, 0.1) is 0 Å². The predicted molar refractivity (Wildman–Crippen MR) is 118 cm³/mol. The summed E-state index contributed by atoms with van der Waals surface area (Å²) in [5.74, 6) is -3.44. The van der Waals surface area contributed by atoms with Crippen LogP contribution in [0.25, 0.3) is 11.1 Å². The van der Waals surface area contributed by atoms with Gasteiger partial charge in [0.2, 0.25) is 0 Å². The Bertz CT molecular complexity index is 1210. The first-order chi connectivity index (χ1) is 16.6. The zero-order valence-corrected chi connectivity index (χ0v) is 18.1. The number of hydrogen-bond donors (Lipinski definition) is 3. The Morgan fingerprint density at radius 1 is 0.943 bits per heavy atom. The van der Waals surface area contributed by atoms with E-state index in [0.717, 1.165) is 28.3 Å². The van der Waals surface area contributed by atoms with Crippen LogP contribution in [-0.2, 0) is 16.0 Å². The highest BCUT2D eigenvalue weighted by atomic mass is 19.4. The Morgan fingerprint density at radius 3 is 2.11 bits per heavy atom. The molecule has 0 fully saturated rings. The summed E-state index contributed by atoms with van der Waals surface area (Å²) in [4.78, 5) is 24.1. The number of nitrogens with one attached hydrogen (secondary N) is 1. The Hall–Kier alpha value is -4.21. The third kappa shape index (κ3) is 5.32. The van der Waals surface area contributed by atoms with Gasteiger partial charge in [-0.2, -0.15) is 0 Å². The number of aromatic hydroxyl groups is 1. The number of halogens is 3. The normalized spacial score (nSPS) is 13.5. The van der Waals surface area contributed by atoms with Gasteiger partial charge in [0.25, 0.3) is 0 Å². The van der Waals surface area contributed by atoms with Crippen LogP contribution in [0.1, 0.15) is 22.6 Å². The molecule has 1 amide bonds. The summed E-state index contributed by atoms with van der Waals surface area (Å²) in [6, 6.07) is 17.1. The lowest BCUT2D eigenvalue weighted by molar-refractivity contribution is -0.275. The molecule has 3 aromatic rings. The third-order valence-electron chi connectivity index (χ3n) is 5.67. The highest BCUT2D eigenvalue weighted by molar-refractivity contribution is 5.81. The van der Waals surface area contributed by atoms with Crippen molar-refractivity contribution in [2.24, 2.45) is 0 Å². The second-order valence-electron chi connectivity index (χ2n) is 7.88. The number of carbonyl (C=O) groups excluding carboxylic acids is 1. The number of alkyl halides is 3. The Morgan fingerprint density at radius 2 is 1.54 bits per heavy atom. The van der Waals surface area contributed by atoms with E-state index < -0.39 is 42.4 Å². The van der Waals surface area contributed by atoms with Gasteiger partial charge in [-0.05, 0) is 28.3 Å². The average molecular weight is 487 g/mol. The molecule has 0 saturated carbocycles. The molecule has 1 unspecified atom stereocenters. The van der Waals surface area contributed by atoms with Crippen molar-refractivity contribution in [1.82, 2.24) is 5.32 Å². The van der Waals surface area contributed by atoms with E-state index in [0.29, 0.717) is 0 Å². The number of hydrogen-bond acceptors (Lipinski definition) is 5. The van der Waals surface area contributed by atoms with Crippen molar-refractivity contribution in [1.29, 1.82) is 0 Å². The molecule has 0 radical (unpaired) electrons. The van der Waals surface area contributed by atoms with Crippen molar-refractivity contribution in [2.45, 2.75) is 24.7 Å². The summed E-state index contributed by atoms with van der Waals surface area (Å²) in [7, 11) is 0. The lowest BCUT2D eigenvalue weighted by atomic mass is 9.98. The van der Waals surface area contributed by atoms with Crippen LogP contribution in [0.15, 0.2) is 66.7 Å². The molecule has 0 aromatic heterocycles.